The second-order valence-corrected chi connectivity index (χ2v) is 8.54. The number of carbonyl (C=O) groups excluding carboxylic acids is 1. The molecule has 0 atom stereocenters. The number of carbonyl (C=O) groups is 1. The summed E-state index contributed by atoms with van der Waals surface area (Å²) in [5, 5.41) is 1.07. The molecule has 0 aliphatic rings. The van der Waals surface area contributed by atoms with Crippen molar-refractivity contribution in [3.63, 3.8) is 0 Å². The molecule has 1 aromatic heterocycles. The average molecular weight is 428 g/mol. The van der Waals surface area contributed by atoms with Crippen LogP contribution in [0.5, 0.6) is 5.75 Å². The Morgan fingerprint density at radius 3 is 2.62 bits per heavy atom. The monoisotopic (exact) mass is 427 g/mol. The van der Waals surface area contributed by atoms with Gasteiger partial charge in [0.05, 0.1) is 0 Å². The van der Waals surface area contributed by atoms with Crippen molar-refractivity contribution in [1.29, 1.82) is 0 Å². The Morgan fingerprint density at radius 1 is 1.00 bits per heavy atom. The number of rotatable bonds is 9. The largest absolute Gasteiger partial charge is 0.489 e. The standard InChI is InChI=1S/C28H29NO3/c1-19(2)12-25-16-24-14-21(18-31-27-9-4-3-7-22(27)10-11-30)15-26(28(24)32-25)23-8-5-6-20(13-23)17-29/h3-9,11,13-16,19H,10,12,17-18,29H2,1-2H3. The van der Waals surface area contributed by atoms with Gasteiger partial charge in [0.15, 0.2) is 0 Å². The zero-order valence-electron chi connectivity index (χ0n) is 18.6. The first-order valence-electron chi connectivity index (χ1n) is 11.1. The SMILES string of the molecule is CC(C)Cc1cc2cc(COc3ccccc3CC=O)cc(-c3cccc(CN)c3)c2o1. The van der Waals surface area contributed by atoms with E-state index in [1.165, 1.54) is 0 Å². The zero-order chi connectivity index (χ0) is 22.5. The fourth-order valence-corrected chi connectivity index (χ4v) is 4.00. The second-order valence-electron chi connectivity index (χ2n) is 8.54. The molecule has 3 aromatic carbocycles. The molecule has 4 nitrogen and oxygen atoms in total. The van der Waals surface area contributed by atoms with Gasteiger partial charge in [-0.05, 0) is 52.9 Å². The Hall–Kier alpha value is -3.37. The van der Waals surface area contributed by atoms with Gasteiger partial charge in [0, 0.05) is 35.9 Å². The fourth-order valence-electron chi connectivity index (χ4n) is 4.00. The topological polar surface area (TPSA) is 65.5 Å². The summed E-state index contributed by atoms with van der Waals surface area (Å²) in [7, 11) is 0. The molecule has 0 saturated heterocycles. The summed E-state index contributed by atoms with van der Waals surface area (Å²) in [6.45, 7) is 5.27. The van der Waals surface area contributed by atoms with Gasteiger partial charge in [-0.1, -0.05) is 50.2 Å². The van der Waals surface area contributed by atoms with Gasteiger partial charge in [-0.25, -0.2) is 0 Å². The highest BCUT2D eigenvalue weighted by molar-refractivity contribution is 5.93. The van der Waals surface area contributed by atoms with E-state index in [0.717, 1.165) is 63.0 Å². The van der Waals surface area contributed by atoms with E-state index >= 15 is 0 Å². The maximum absolute atomic E-state index is 11.0. The smallest absolute Gasteiger partial charge is 0.142 e. The first-order chi connectivity index (χ1) is 15.6. The van der Waals surface area contributed by atoms with Crippen molar-refractivity contribution in [2.24, 2.45) is 11.7 Å². The molecule has 0 aliphatic carbocycles. The molecule has 164 valence electrons. The minimum atomic E-state index is 0.340. The van der Waals surface area contributed by atoms with Crippen LogP contribution in [0.2, 0.25) is 0 Å². The zero-order valence-corrected chi connectivity index (χ0v) is 18.6. The first kappa shape index (κ1) is 21.8. The highest BCUT2D eigenvalue weighted by Crippen LogP contribution is 2.34. The molecule has 4 heteroatoms. The maximum Gasteiger partial charge on any atom is 0.142 e. The number of benzene rings is 3. The van der Waals surface area contributed by atoms with Crippen LogP contribution in [0.25, 0.3) is 22.1 Å². The molecule has 1 heterocycles. The molecule has 0 aliphatic heterocycles. The van der Waals surface area contributed by atoms with Gasteiger partial charge < -0.3 is 19.7 Å². The van der Waals surface area contributed by atoms with Crippen molar-refractivity contribution in [3.05, 3.63) is 89.2 Å². The van der Waals surface area contributed by atoms with Gasteiger partial charge in [-0.15, -0.1) is 0 Å². The van der Waals surface area contributed by atoms with E-state index in [1.807, 2.05) is 36.4 Å². The van der Waals surface area contributed by atoms with Crippen molar-refractivity contribution < 1.29 is 13.9 Å². The molecule has 0 unspecified atom stereocenters. The van der Waals surface area contributed by atoms with E-state index in [9.17, 15) is 4.79 Å². The van der Waals surface area contributed by atoms with Crippen molar-refractivity contribution in [1.82, 2.24) is 0 Å². The summed E-state index contributed by atoms with van der Waals surface area (Å²) in [4.78, 5) is 11.0. The fraction of sp³-hybridized carbons (Fsp3) is 0.250. The summed E-state index contributed by atoms with van der Waals surface area (Å²) in [6, 6.07) is 22.3. The lowest BCUT2D eigenvalue weighted by molar-refractivity contribution is -0.107. The minimum Gasteiger partial charge on any atom is -0.489 e. The van der Waals surface area contributed by atoms with E-state index in [1.54, 1.807) is 0 Å². The van der Waals surface area contributed by atoms with Crippen molar-refractivity contribution >= 4 is 17.3 Å². The molecule has 4 aromatic rings. The van der Waals surface area contributed by atoms with E-state index in [-0.39, 0.29) is 0 Å². The predicted molar refractivity (Wildman–Crippen MR) is 129 cm³/mol. The highest BCUT2D eigenvalue weighted by Gasteiger charge is 2.14. The van der Waals surface area contributed by atoms with E-state index < -0.39 is 0 Å². The highest BCUT2D eigenvalue weighted by atomic mass is 16.5. The average Bonchev–Trinajstić information content (AvgIpc) is 3.19. The predicted octanol–water partition coefficient (Wildman–Crippen LogP) is 6.08. The lowest BCUT2D eigenvalue weighted by Gasteiger charge is -2.12. The van der Waals surface area contributed by atoms with Crippen LogP contribution in [0, 0.1) is 5.92 Å². The second kappa shape index (κ2) is 9.84. The molecular formula is C28H29NO3. The van der Waals surface area contributed by atoms with Crippen LogP contribution in [-0.2, 0) is 30.8 Å². The Bertz CT molecular complexity index is 1220. The molecule has 0 amide bonds. The molecule has 0 bridgehead atoms. The number of furan rings is 1. The third-order valence-electron chi connectivity index (χ3n) is 5.48. The van der Waals surface area contributed by atoms with Gasteiger partial charge >= 0.3 is 0 Å². The van der Waals surface area contributed by atoms with Gasteiger partial charge in [0.1, 0.15) is 30.0 Å². The van der Waals surface area contributed by atoms with Crippen molar-refractivity contribution in [3.8, 4) is 16.9 Å². The number of aldehydes is 1. The molecule has 0 spiro atoms. The molecule has 0 saturated carbocycles. The molecule has 0 fully saturated rings. The number of hydrogen-bond donors (Lipinski definition) is 1. The number of ether oxygens (including phenoxy) is 1. The molecular weight excluding hydrogens is 398 g/mol. The third-order valence-corrected chi connectivity index (χ3v) is 5.48. The van der Waals surface area contributed by atoms with Crippen molar-refractivity contribution in [2.75, 3.05) is 0 Å². The Labute approximate surface area is 189 Å². The lowest BCUT2D eigenvalue weighted by atomic mass is 9.98. The van der Waals surface area contributed by atoms with Crippen LogP contribution in [0.3, 0.4) is 0 Å². The third kappa shape index (κ3) is 4.92. The van der Waals surface area contributed by atoms with Crippen LogP contribution in [-0.4, -0.2) is 6.29 Å². The summed E-state index contributed by atoms with van der Waals surface area (Å²) in [5.74, 6) is 2.23. The number of fused-ring (bicyclic) bond motifs is 1. The van der Waals surface area contributed by atoms with Crippen LogP contribution in [0.4, 0.5) is 0 Å². The molecule has 32 heavy (non-hydrogen) atoms. The number of nitrogens with two attached hydrogens (primary N) is 1. The quantitative estimate of drug-likeness (QED) is 0.329. The van der Waals surface area contributed by atoms with Crippen LogP contribution < -0.4 is 10.5 Å². The van der Waals surface area contributed by atoms with Gasteiger partial charge in [-0.3, -0.25) is 0 Å². The Morgan fingerprint density at radius 2 is 1.84 bits per heavy atom. The van der Waals surface area contributed by atoms with Crippen molar-refractivity contribution in [2.45, 2.75) is 39.8 Å². The summed E-state index contributed by atoms with van der Waals surface area (Å²) < 4.78 is 12.4. The normalized spacial score (nSPS) is 11.2. The molecule has 0 radical (unpaired) electrons. The number of hydrogen-bond acceptors (Lipinski definition) is 4. The lowest BCUT2D eigenvalue weighted by Crippen LogP contribution is -2.00. The van der Waals surface area contributed by atoms with E-state index in [2.05, 4.69) is 44.2 Å². The maximum atomic E-state index is 11.0. The van der Waals surface area contributed by atoms with Gasteiger partial charge in [0.2, 0.25) is 0 Å². The van der Waals surface area contributed by atoms with E-state index in [4.69, 9.17) is 14.9 Å². The Kier molecular flexibility index (Phi) is 6.72. The summed E-state index contributed by atoms with van der Waals surface area (Å²) in [6.07, 6.45) is 2.13. The minimum absolute atomic E-state index is 0.340. The summed E-state index contributed by atoms with van der Waals surface area (Å²) >= 11 is 0. The Balaban J connectivity index is 1.74. The first-order valence-corrected chi connectivity index (χ1v) is 11.1. The summed E-state index contributed by atoms with van der Waals surface area (Å²) in [5.41, 5.74) is 11.9. The van der Waals surface area contributed by atoms with E-state index in [0.29, 0.717) is 25.5 Å². The number of para-hydroxylation sites is 1. The van der Waals surface area contributed by atoms with Crippen LogP contribution in [0.1, 0.15) is 36.3 Å². The molecule has 4 rings (SSSR count). The van der Waals surface area contributed by atoms with Gasteiger partial charge in [-0.2, -0.15) is 0 Å². The molecule has 2 N–H and O–H groups in total. The van der Waals surface area contributed by atoms with Gasteiger partial charge in [0.25, 0.3) is 0 Å². The van der Waals surface area contributed by atoms with Crippen LogP contribution in [0.15, 0.2) is 71.1 Å². The van der Waals surface area contributed by atoms with Crippen LogP contribution >= 0.6 is 0 Å².